The molecule has 0 saturated heterocycles. The summed E-state index contributed by atoms with van der Waals surface area (Å²) in [5.41, 5.74) is 2.05. The van der Waals surface area contributed by atoms with E-state index in [0.717, 1.165) is 30.0 Å². The van der Waals surface area contributed by atoms with Crippen LogP contribution < -0.4 is 10.1 Å². The standard InChI is InChI=1S/C23H32N2O2/c1-3-4-5-6-10-17-27-22-15-13-21(14-16-22)24-18-23(26)25(2)19-20-11-8-7-9-12-20/h7-9,11-16,24H,3-6,10,17-19H2,1-2H3. The molecule has 2 aromatic rings. The zero-order chi connectivity index (χ0) is 19.3. The van der Waals surface area contributed by atoms with Crippen LogP contribution in [-0.4, -0.2) is 31.0 Å². The summed E-state index contributed by atoms with van der Waals surface area (Å²) in [4.78, 5) is 14.0. The molecule has 2 aromatic carbocycles. The number of anilines is 1. The fourth-order valence-corrected chi connectivity index (χ4v) is 2.82. The lowest BCUT2D eigenvalue weighted by atomic mass is 10.2. The largest absolute Gasteiger partial charge is 0.494 e. The van der Waals surface area contributed by atoms with Crippen molar-refractivity contribution in [3.63, 3.8) is 0 Å². The molecule has 0 aliphatic heterocycles. The van der Waals surface area contributed by atoms with Gasteiger partial charge in [-0.3, -0.25) is 4.79 Å². The Morgan fingerprint density at radius 3 is 2.37 bits per heavy atom. The minimum absolute atomic E-state index is 0.0614. The lowest BCUT2D eigenvalue weighted by Crippen LogP contribution is -2.31. The Hall–Kier alpha value is -2.49. The first-order valence-electron chi connectivity index (χ1n) is 9.93. The maximum absolute atomic E-state index is 12.3. The van der Waals surface area contributed by atoms with Gasteiger partial charge in [0.25, 0.3) is 0 Å². The lowest BCUT2D eigenvalue weighted by molar-refractivity contribution is -0.128. The summed E-state index contributed by atoms with van der Waals surface area (Å²) in [5.74, 6) is 0.940. The number of ether oxygens (including phenoxy) is 1. The van der Waals surface area contributed by atoms with Gasteiger partial charge in [-0.15, -0.1) is 0 Å². The highest BCUT2D eigenvalue weighted by Crippen LogP contribution is 2.16. The number of amides is 1. The SMILES string of the molecule is CCCCCCCOc1ccc(NCC(=O)N(C)Cc2ccccc2)cc1. The fraction of sp³-hybridized carbons (Fsp3) is 0.435. The molecule has 27 heavy (non-hydrogen) atoms. The van der Waals surface area contributed by atoms with E-state index < -0.39 is 0 Å². The molecule has 2 rings (SSSR count). The van der Waals surface area contributed by atoms with Gasteiger partial charge in [0.1, 0.15) is 5.75 Å². The second kappa shape index (κ2) is 12.0. The van der Waals surface area contributed by atoms with Crippen molar-refractivity contribution in [3.05, 3.63) is 60.2 Å². The number of unbranched alkanes of at least 4 members (excludes halogenated alkanes) is 4. The second-order valence-electron chi connectivity index (χ2n) is 6.88. The molecule has 0 saturated carbocycles. The van der Waals surface area contributed by atoms with E-state index in [0.29, 0.717) is 6.54 Å². The molecule has 0 aromatic heterocycles. The first kappa shape index (κ1) is 20.8. The third-order valence-electron chi connectivity index (χ3n) is 4.50. The number of hydrogen-bond acceptors (Lipinski definition) is 3. The van der Waals surface area contributed by atoms with Gasteiger partial charge < -0.3 is 15.0 Å². The molecule has 0 fully saturated rings. The number of carbonyl (C=O) groups is 1. The van der Waals surface area contributed by atoms with Crippen LogP contribution in [-0.2, 0) is 11.3 Å². The Kier molecular flexibility index (Phi) is 9.25. The summed E-state index contributed by atoms with van der Waals surface area (Å²) in [7, 11) is 1.83. The smallest absolute Gasteiger partial charge is 0.241 e. The van der Waals surface area contributed by atoms with Gasteiger partial charge in [-0.2, -0.15) is 0 Å². The molecule has 0 radical (unpaired) electrons. The van der Waals surface area contributed by atoms with Gasteiger partial charge in [0.15, 0.2) is 0 Å². The zero-order valence-corrected chi connectivity index (χ0v) is 16.6. The lowest BCUT2D eigenvalue weighted by Gasteiger charge is -2.18. The van der Waals surface area contributed by atoms with Crippen molar-refractivity contribution in [2.24, 2.45) is 0 Å². The van der Waals surface area contributed by atoms with Crippen LogP contribution in [0.15, 0.2) is 54.6 Å². The van der Waals surface area contributed by atoms with Crippen molar-refractivity contribution in [3.8, 4) is 5.75 Å². The molecule has 0 heterocycles. The quantitative estimate of drug-likeness (QED) is 0.530. The zero-order valence-electron chi connectivity index (χ0n) is 16.6. The first-order chi connectivity index (χ1) is 13.2. The van der Waals surface area contributed by atoms with Gasteiger partial charge >= 0.3 is 0 Å². The van der Waals surface area contributed by atoms with E-state index in [-0.39, 0.29) is 12.5 Å². The average molecular weight is 369 g/mol. The normalized spacial score (nSPS) is 10.4. The van der Waals surface area contributed by atoms with Gasteiger partial charge in [-0.25, -0.2) is 0 Å². The van der Waals surface area contributed by atoms with Crippen molar-refractivity contribution < 1.29 is 9.53 Å². The van der Waals surface area contributed by atoms with E-state index in [1.54, 1.807) is 4.90 Å². The van der Waals surface area contributed by atoms with Gasteiger partial charge in [-0.05, 0) is 36.2 Å². The summed E-state index contributed by atoms with van der Waals surface area (Å²) < 4.78 is 5.77. The maximum atomic E-state index is 12.3. The number of carbonyl (C=O) groups excluding carboxylic acids is 1. The molecular weight excluding hydrogens is 336 g/mol. The van der Waals surface area contributed by atoms with Crippen molar-refractivity contribution in [1.29, 1.82) is 0 Å². The maximum Gasteiger partial charge on any atom is 0.241 e. The number of rotatable bonds is 12. The molecule has 0 unspecified atom stereocenters. The second-order valence-corrected chi connectivity index (χ2v) is 6.88. The third-order valence-corrected chi connectivity index (χ3v) is 4.50. The summed E-state index contributed by atoms with van der Waals surface area (Å²) in [6.07, 6.45) is 6.18. The molecule has 4 heteroatoms. The van der Waals surface area contributed by atoms with Gasteiger partial charge in [0, 0.05) is 19.3 Å². The van der Waals surface area contributed by atoms with Gasteiger partial charge in [0.2, 0.25) is 5.91 Å². The van der Waals surface area contributed by atoms with Crippen LogP contribution in [0.3, 0.4) is 0 Å². The van der Waals surface area contributed by atoms with Crippen molar-refractivity contribution in [2.45, 2.75) is 45.6 Å². The predicted molar refractivity (Wildman–Crippen MR) is 112 cm³/mol. The van der Waals surface area contributed by atoms with Crippen LogP contribution >= 0.6 is 0 Å². The predicted octanol–water partition coefficient (Wildman–Crippen LogP) is 5.11. The third kappa shape index (κ3) is 8.16. The number of benzene rings is 2. The molecule has 1 N–H and O–H groups in total. The first-order valence-corrected chi connectivity index (χ1v) is 9.93. The summed E-state index contributed by atoms with van der Waals surface area (Å²) in [6, 6.07) is 17.8. The monoisotopic (exact) mass is 368 g/mol. The van der Waals surface area contributed by atoms with E-state index in [4.69, 9.17) is 4.74 Å². The number of nitrogens with zero attached hydrogens (tertiary/aromatic N) is 1. The topological polar surface area (TPSA) is 41.6 Å². The highest BCUT2D eigenvalue weighted by atomic mass is 16.5. The molecular formula is C23H32N2O2. The minimum atomic E-state index is 0.0614. The fourth-order valence-electron chi connectivity index (χ4n) is 2.82. The molecule has 0 atom stereocenters. The Morgan fingerprint density at radius 1 is 0.963 bits per heavy atom. The molecule has 0 aliphatic carbocycles. The van der Waals surface area contributed by atoms with Crippen LogP contribution in [0.2, 0.25) is 0 Å². The van der Waals surface area contributed by atoms with Gasteiger partial charge in [-0.1, -0.05) is 62.9 Å². The van der Waals surface area contributed by atoms with Crippen LogP contribution in [0.5, 0.6) is 5.75 Å². The van der Waals surface area contributed by atoms with Crippen molar-refractivity contribution >= 4 is 11.6 Å². The molecule has 0 spiro atoms. The molecule has 146 valence electrons. The highest BCUT2D eigenvalue weighted by molar-refractivity contribution is 5.80. The van der Waals surface area contributed by atoms with Crippen LogP contribution in [0.4, 0.5) is 5.69 Å². The van der Waals surface area contributed by atoms with E-state index in [1.807, 2.05) is 61.6 Å². The number of hydrogen-bond donors (Lipinski definition) is 1. The van der Waals surface area contributed by atoms with E-state index >= 15 is 0 Å². The summed E-state index contributed by atoms with van der Waals surface area (Å²) in [6.45, 7) is 3.88. The average Bonchev–Trinajstić information content (AvgIpc) is 2.70. The molecule has 4 nitrogen and oxygen atoms in total. The number of nitrogens with one attached hydrogen (secondary N) is 1. The Labute approximate surface area is 163 Å². The van der Waals surface area contributed by atoms with E-state index in [1.165, 1.54) is 25.7 Å². The summed E-state index contributed by atoms with van der Waals surface area (Å²) in [5, 5.41) is 3.18. The van der Waals surface area contributed by atoms with Crippen LogP contribution in [0.25, 0.3) is 0 Å². The Balaban J connectivity index is 1.67. The van der Waals surface area contributed by atoms with Crippen molar-refractivity contribution in [1.82, 2.24) is 4.90 Å². The Bertz CT molecular complexity index is 656. The Morgan fingerprint density at radius 2 is 1.67 bits per heavy atom. The molecule has 1 amide bonds. The van der Waals surface area contributed by atoms with E-state index in [9.17, 15) is 4.79 Å². The highest BCUT2D eigenvalue weighted by Gasteiger charge is 2.08. The summed E-state index contributed by atoms with van der Waals surface area (Å²) >= 11 is 0. The number of likely N-dealkylation sites (N-methyl/N-ethyl adjacent to an activating group) is 1. The van der Waals surface area contributed by atoms with E-state index in [2.05, 4.69) is 12.2 Å². The molecule has 0 aliphatic rings. The minimum Gasteiger partial charge on any atom is -0.494 e. The van der Waals surface area contributed by atoms with Crippen molar-refractivity contribution in [2.75, 3.05) is 25.5 Å². The van der Waals surface area contributed by atoms with Gasteiger partial charge in [0.05, 0.1) is 13.2 Å². The van der Waals surface area contributed by atoms with Crippen LogP contribution in [0, 0.1) is 0 Å². The van der Waals surface area contributed by atoms with Crippen LogP contribution in [0.1, 0.15) is 44.6 Å². The molecule has 0 bridgehead atoms.